The van der Waals surface area contributed by atoms with E-state index in [1.165, 1.54) is 31.2 Å². The summed E-state index contributed by atoms with van der Waals surface area (Å²) in [5.41, 5.74) is 8.05. The second-order valence-electron chi connectivity index (χ2n) is 7.76. The van der Waals surface area contributed by atoms with Crippen LogP contribution in [0.2, 0.25) is 0 Å². The van der Waals surface area contributed by atoms with Gasteiger partial charge in [0.1, 0.15) is 0 Å². The number of hydrogen-bond donors (Lipinski definition) is 1. The van der Waals surface area contributed by atoms with Gasteiger partial charge >= 0.3 is 0 Å². The van der Waals surface area contributed by atoms with Crippen molar-refractivity contribution in [2.45, 2.75) is 51.6 Å². The Balaban J connectivity index is 1.56. The van der Waals surface area contributed by atoms with Crippen LogP contribution < -0.4 is 5.73 Å². The van der Waals surface area contributed by atoms with Gasteiger partial charge in [0, 0.05) is 41.8 Å². The highest BCUT2D eigenvalue weighted by Crippen LogP contribution is 2.50. The number of hydrogen-bond acceptors (Lipinski definition) is 2. The fraction of sp³-hybridized carbons (Fsp3) is 0.550. The smallest absolute Gasteiger partial charge is 0.254 e. The fourth-order valence-corrected chi connectivity index (χ4v) is 4.59. The van der Waals surface area contributed by atoms with Gasteiger partial charge in [-0.05, 0) is 68.8 Å². The maximum Gasteiger partial charge on any atom is 0.254 e. The molecule has 1 atom stereocenters. The van der Waals surface area contributed by atoms with E-state index in [1.807, 2.05) is 6.07 Å². The molecule has 1 saturated heterocycles. The fourth-order valence-electron chi connectivity index (χ4n) is 4.59. The summed E-state index contributed by atoms with van der Waals surface area (Å²) in [5, 5.41) is 1.14. The molecule has 1 aliphatic heterocycles. The van der Waals surface area contributed by atoms with E-state index in [0.717, 1.165) is 30.5 Å². The average Bonchev–Trinajstić information content (AvgIpc) is 3.12. The lowest BCUT2D eigenvalue weighted by Gasteiger charge is -2.37. The molecule has 1 unspecified atom stereocenters. The number of rotatable bonds is 4. The minimum absolute atomic E-state index is 0.197. The van der Waals surface area contributed by atoms with E-state index in [0.29, 0.717) is 18.0 Å². The van der Waals surface area contributed by atoms with Gasteiger partial charge < -0.3 is 15.2 Å². The van der Waals surface area contributed by atoms with Gasteiger partial charge in [0.15, 0.2) is 0 Å². The molecule has 1 saturated carbocycles. The van der Waals surface area contributed by atoms with Crippen molar-refractivity contribution >= 4 is 16.8 Å². The molecule has 2 heterocycles. The predicted molar refractivity (Wildman–Crippen MR) is 97.0 cm³/mol. The normalized spacial score (nSPS) is 22.2. The summed E-state index contributed by atoms with van der Waals surface area (Å²) in [5.74, 6) is 0.197. The van der Waals surface area contributed by atoms with Crippen molar-refractivity contribution in [3.05, 3.63) is 36.0 Å². The molecule has 4 rings (SSSR count). The standard InChI is InChI=1S/C20H27N3O/c1-15-13-20(7-2-8-20)14-23(15)19(24)17-4-5-18-16(12-17)6-11-22(18)10-3-9-21/h4-6,11-12,15H,2-3,7-10,13-14,21H2,1H3. The summed E-state index contributed by atoms with van der Waals surface area (Å²) in [6.07, 6.45) is 8.16. The molecule has 24 heavy (non-hydrogen) atoms. The highest BCUT2D eigenvalue weighted by atomic mass is 16.2. The lowest BCUT2D eigenvalue weighted by molar-refractivity contribution is 0.0701. The van der Waals surface area contributed by atoms with Gasteiger partial charge in [0.2, 0.25) is 0 Å². The van der Waals surface area contributed by atoms with Crippen molar-refractivity contribution < 1.29 is 4.79 Å². The number of nitrogens with zero attached hydrogens (tertiary/aromatic N) is 2. The second-order valence-corrected chi connectivity index (χ2v) is 7.76. The Morgan fingerprint density at radius 2 is 2.17 bits per heavy atom. The predicted octanol–water partition coefficient (Wildman–Crippen LogP) is 3.39. The van der Waals surface area contributed by atoms with Crippen LogP contribution in [-0.2, 0) is 6.54 Å². The zero-order valence-corrected chi connectivity index (χ0v) is 14.5. The maximum atomic E-state index is 13.0. The quantitative estimate of drug-likeness (QED) is 0.937. The number of fused-ring (bicyclic) bond motifs is 1. The van der Waals surface area contributed by atoms with Crippen LogP contribution in [0.25, 0.3) is 10.9 Å². The van der Waals surface area contributed by atoms with E-state index in [2.05, 4.69) is 40.8 Å². The minimum atomic E-state index is 0.197. The molecule has 1 amide bonds. The van der Waals surface area contributed by atoms with E-state index in [4.69, 9.17) is 5.73 Å². The third-order valence-electron chi connectivity index (χ3n) is 6.06. The van der Waals surface area contributed by atoms with Crippen LogP contribution >= 0.6 is 0 Å². The molecule has 2 aromatic rings. The molecule has 0 bridgehead atoms. The van der Waals surface area contributed by atoms with Crippen LogP contribution in [0, 0.1) is 5.41 Å². The highest BCUT2D eigenvalue weighted by molar-refractivity contribution is 5.98. The first kappa shape index (κ1) is 15.7. The summed E-state index contributed by atoms with van der Waals surface area (Å²) in [6, 6.07) is 8.59. The Morgan fingerprint density at radius 1 is 1.33 bits per heavy atom. The maximum absolute atomic E-state index is 13.0. The van der Waals surface area contributed by atoms with Crippen LogP contribution in [0.15, 0.2) is 30.5 Å². The summed E-state index contributed by atoms with van der Waals surface area (Å²) < 4.78 is 2.22. The second kappa shape index (κ2) is 5.92. The lowest BCUT2D eigenvalue weighted by Crippen LogP contribution is -2.37. The lowest BCUT2D eigenvalue weighted by atomic mass is 9.68. The molecular weight excluding hydrogens is 298 g/mol. The van der Waals surface area contributed by atoms with Gasteiger partial charge in [-0.3, -0.25) is 4.79 Å². The van der Waals surface area contributed by atoms with E-state index in [-0.39, 0.29) is 5.91 Å². The van der Waals surface area contributed by atoms with Crippen molar-refractivity contribution in [2.24, 2.45) is 11.1 Å². The van der Waals surface area contributed by atoms with Gasteiger partial charge in [0.25, 0.3) is 5.91 Å². The Hall–Kier alpha value is -1.81. The zero-order valence-electron chi connectivity index (χ0n) is 14.5. The van der Waals surface area contributed by atoms with Crippen molar-refractivity contribution in [3.63, 3.8) is 0 Å². The number of aromatic nitrogens is 1. The van der Waals surface area contributed by atoms with Crippen LogP contribution in [0.1, 0.15) is 49.4 Å². The number of amides is 1. The molecule has 4 heteroatoms. The minimum Gasteiger partial charge on any atom is -0.347 e. The first-order valence-corrected chi connectivity index (χ1v) is 9.22. The number of carbonyl (C=O) groups excluding carboxylic acids is 1. The summed E-state index contributed by atoms with van der Waals surface area (Å²) >= 11 is 0. The van der Waals surface area contributed by atoms with Gasteiger partial charge in [0.05, 0.1) is 0 Å². The average molecular weight is 325 g/mol. The van der Waals surface area contributed by atoms with Crippen LogP contribution in [0.4, 0.5) is 0 Å². The van der Waals surface area contributed by atoms with Crippen molar-refractivity contribution in [1.29, 1.82) is 0 Å². The van der Waals surface area contributed by atoms with Gasteiger partial charge in [-0.15, -0.1) is 0 Å². The molecule has 1 spiro atoms. The SMILES string of the molecule is CC1CC2(CCC2)CN1C(=O)c1ccc2c(ccn2CCCN)c1. The number of nitrogens with two attached hydrogens (primary N) is 1. The number of carbonyl (C=O) groups is 1. The van der Waals surface area contributed by atoms with E-state index >= 15 is 0 Å². The summed E-state index contributed by atoms with van der Waals surface area (Å²) in [4.78, 5) is 15.1. The monoisotopic (exact) mass is 325 g/mol. The number of aryl methyl sites for hydroxylation is 1. The summed E-state index contributed by atoms with van der Waals surface area (Å²) in [6.45, 7) is 4.78. The Morgan fingerprint density at radius 3 is 2.83 bits per heavy atom. The highest BCUT2D eigenvalue weighted by Gasteiger charge is 2.47. The van der Waals surface area contributed by atoms with E-state index in [1.54, 1.807) is 0 Å². The van der Waals surface area contributed by atoms with Gasteiger partial charge in [-0.1, -0.05) is 6.42 Å². The topological polar surface area (TPSA) is 51.3 Å². The van der Waals surface area contributed by atoms with Crippen molar-refractivity contribution in [2.75, 3.05) is 13.1 Å². The largest absolute Gasteiger partial charge is 0.347 e. The molecule has 2 N–H and O–H groups in total. The third-order valence-corrected chi connectivity index (χ3v) is 6.06. The Bertz CT molecular complexity index is 759. The van der Waals surface area contributed by atoms with Crippen LogP contribution in [0.3, 0.4) is 0 Å². The van der Waals surface area contributed by atoms with Crippen LogP contribution in [0.5, 0.6) is 0 Å². The number of likely N-dealkylation sites (tertiary alicyclic amines) is 1. The van der Waals surface area contributed by atoms with E-state index < -0.39 is 0 Å². The van der Waals surface area contributed by atoms with Gasteiger partial charge in [-0.25, -0.2) is 0 Å². The first-order valence-electron chi connectivity index (χ1n) is 9.22. The van der Waals surface area contributed by atoms with Crippen molar-refractivity contribution in [3.8, 4) is 0 Å². The number of benzene rings is 1. The third kappa shape index (κ3) is 2.53. The molecule has 1 aliphatic carbocycles. The zero-order chi connectivity index (χ0) is 16.7. The van der Waals surface area contributed by atoms with Gasteiger partial charge in [-0.2, -0.15) is 0 Å². The molecule has 128 valence electrons. The molecule has 0 radical (unpaired) electrons. The molecule has 4 nitrogen and oxygen atoms in total. The molecular formula is C20H27N3O. The molecule has 1 aromatic carbocycles. The molecule has 1 aromatic heterocycles. The van der Waals surface area contributed by atoms with Crippen LogP contribution in [-0.4, -0.2) is 34.5 Å². The molecule has 2 fully saturated rings. The van der Waals surface area contributed by atoms with E-state index in [9.17, 15) is 4.79 Å². The molecule has 2 aliphatic rings. The first-order chi connectivity index (χ1) is 11.6. The Kier molecular flexibility index (Phi) is 3.87. The van der Waals surface area contributed by atoms with Crippen molar-refractivity contribution in [1.82, 2.24) is 9.47 Å². The summed E-state index contributed by atoms with van der Waals surface area (Å²) in [7, 11) is 0. The Labute approximate surface area is 143 Å².